The third-order valence-electron chi connectivity index (χ3n) is 8.76. The van der Waals surface area contributed by atoms with Gasteiger partial charge < -0.3 is 20.1 Å². The molecule has 0 radical (unpaired) electrons. The van der Waals surface area contributed by atoms with E-state index in [1.807, 2.05) is 13.0 Å². The van der Waals surface area contributed by atoms with Crippen molar-refractivity contribution < 1.29 is 20.1 Å². The molecule has 0 unspecified atom stereocenters. The highest BCUT2D eigenvalue weighted by Crippen LogP contribution is 2.59. The Morgan fingerprint density at radius 1 is 1.16 bits per heavy atom. The van der Waals surface area contributed by atoms with Gasteiger partial charge in [0.2, 0.25) is 0 Å². The first-order valence-electron chi connectivity index (χ1n) is 12.1. The Bertz CT molecular complexity index is 789. The maximum Gasteiger partial charge on any atom is 0.118 e. The molecule has 0 aromatic heterocycles. The van der Waals surface area contributed by atoms with E-state index in [1.54, 1.807) is 0 Å². The van der Waals surface area contributed by atoms with Gasteiger partial charge in [-0.3, -0.25) is 0 Å². The van der Waals surface area contributed by atoms with Crippen LogP contribution in [-0.4, -0.2) is 45.8 Å². The van der Waals surface area contributed by atoms with Crippen LogP contribution >= 0.6 is 0 Å². The fourth-order valence-electron chi connectivity index (χ4n) is 6.51. The molecule has 4 rings (SSSR count). The molecule has 8 atom stereocenters. The molecule has 1 heterocycles. The zero-order valence-corrected chi connectivity index (χ0v) is 19.4. The monoisotopic (exact) mass is 428 g/mol. The van der Waals surface area contributed by atoms with Crippen molar-refractivity contribution in [2.75, 3.05) is 6.61 Å². The average molecular weight is 429 g/mol. The third kappa shape index (κ3) is 4.50. The first-order valence-corrected chi connectivity index (χ1v) is 12.1. The van der Waals surface area contributed by atoms with Gasteiger partial charge in [0.25, 0.3) is 0 Å². The van der Waals surface area contributed by atoms with E-state index in [2.05, 4.69) is 38.7 Å². The number of ether oxygens (including phenoxy) is 1. The molecule has 31 heavy (non-hydrogen) atoms. The van der Waals surface area contributed by atoms with Crippen LogP contribution in [0.15, 0.2) is 47.6 Å². The second kappa shape index (κ2) is 8.62. The predicted molar refractivity (Wildman–Crippen MR) is 123 cm³/mol. The first-order chi connectivity index (χ1) is 14.6. The summed E-state index contributed by atoms with van der Waals surface area (Å²) in [6.07, 6.45) is 13.9. The highest BCUT2D eigenvalue weighted by atomic mass is 16.6. The van der Waals surface area contributed by atoms with E-state index in [4.69, 9.17) is 4.74 Å². The van der Waals surface area contributed by atoms with Crippen molar-refractivity contribution in [1.82, 2.24) is 0 Å². The molecule has 1 saturated heterocycles. The number of hydrogen-bond donors (Lipinski definition) is 3. The smallest absolute Gasteiger partial charge is 0.118 e. The Labute approximate surface area is 187 Å². The van der Waals surface area contributed by atoms with Crippen molar-refractivity contribution >= 4 is 0 Å². The van der Waals surface area contributed by atoms with Gasteiger partial charge in [-0.25, -0.2) is 0 Å². The zero-order valence-electron chi connectivity index (χ0n) is 19.4. The Morgan fingerprint density at radius 2 is 1.90 bits per heavy atom. The van der Waals surface area contributed by atoms with Gasteiger partial charge in [0.05, 0.1) is 18.8 Å². The van der Waals surface area contributed by atoms with Gasteiger partial charge in [-0.15, -0.1) is 0 Å². The van der Waals surface area contributed by atoms with Crippen LogP contribution in [0.25, 0.3) is 0 Å². The molecule has 0 spiro atoms. The fraction of sp³-hybridized carbons (Fsp3) is 0.704. The van der Waals surface area contributed by atoms with E-state index in [0.717, 1.165) is 17.6 Å². The summed E-state index contributed by atoms with van der Waals surface area (Å²) in [4.78, 5) is 0. The summed E-state index contributed by atoms with van der Waals surface area (Å²) in [5, 5.41) is 30.5. The molecule has 3 saturated carbocycles. The van der Waals surface area contributed by atoms with Crippen LogP contribution < -0.4 is 0 Å². The summed E-state index contributed by atoms with van der Waals surface area (Å²) >= 11 is 0. The van der Waals surface area contributed by atoms with Gasteiger partial charge in [0.15, 0.2) is 0 Å². The van der Waals surface area contributed by atoms with Crippen LogP contribution in [-0.2, 0) is 4.74 Å². The summed E-state index contributed by atoms with van der Waals surface area (Å²) in [6.45, 7) is 11.4. The van der Waals surface area contributed by atoms with Gasteiger partial charge in [-0.1, -0.05) is 50.3 Å². The van der Waals surface area contributed by atoms with Crippen molar-refractivity contribution in [2.24, 2.45) is 23.2 Å². The van der Waals surface area contributed by atoms with Gasteiger partial charge >= 0.3 is 0 Å². The van der Waals surface area contributed by atoms with Gasteiger partial charge in [-0.05, 0) is 79.8 Å². The summed E-state index contributed by atoms with van der Waals surface area (Å²) in [6, 6.07) is 0. The number of rotatable bonds is 5. The zero-order chi connectivity index (χ0) is 22.4. The minimum Gasteiger partial charge on any atom is -0.393 e. The summed E-state index contributed by atoms with van der Waals surface area (Å²) < 4.78 is 5.38. The molecule has 1 aliphatic heterocycles. The SMILES string of the molecule is C=C1/C(=C\C=C2/CCC[C@]3(C)[C@@H]([C@H](C)/C=C/[C@H](O)[C@@]4(C)CO4)CC[C@@H]23)C[C@@H](O)C[C@@H]1O. The van der Waals surface area contributed by atoms with E-state index >= 15 is 0 Å². The molecule has 4 aliphatic rings. The maximum atomic E-state index is 10.4. The molecule has 3 N–H and O–H groups in total. The van der Waals surface area contributed by atoms with E-state index in [9.17, 15) is 15.3 Å². The summed E-state index contributed by atoms with van der Waals surface area (Å²) in [5.41, 5.74) is 3.16. The van der Waals surface area contributed by atoms with Crippen molar-refractivity contribution in [3.63, 3.8) is 0 Å². The van der Waals surface area contributed by atoms with Crippen LogP contribution in [0.3, 0.4) is 0 Å². The lowest BCUT2D eigenvalue weighted by atomic mass is 9.61. The van der Waals surface area contributed by atoms with E-state index in [1.165, 1.54) is 31.3 Å². The molecule has 4 nitrogen and oxygen atoms in total. The lowest BCUT2D eigenvalue weighted by molar-refractivity contribution is 0.0862. The molecular weight excluding hydrogens is 388 g/mol. The minimum absolute atomic E-state index is 0.278. The predicted octanol–water partition coefficient (Wildman–Crippen LogP) is 4.47. The maximum absolute atomic E-state index is 10.4. The molecule has 0 aromatic carbocycles. The van der Waals surface area contributed by atoms with E-state index < -0.39 is 18.3 Å². The first kappa shape index (κ1) is 23.0. The number of epoxide rings is 1. The van der Waals surface area contributed by atoms with Gasteiger partial charge in [0.1, 0.15) is 11.7 Å². The minimum atomic E-state index is -0.632. The summed E-state index contributed by atoms with van der Waals surface area (Å²) in [7, 11) is 0. The van der Waals surface area contributed by atoms with Crippen LogP contribution in [0.4, 0.5) is 0 Å². The van der Waals surface area contributed by atoms with Crippen molar-refractivity contribution in [3.05, 3.63) is 47.6 Å². The fourth-order valence-corrected chi connectivity index (χ4v) is 6.51. The molecule has 0 amide bonds. The van der Waals surface area contributed by atoms with Crippen molar-refractivity contribution in [2.45, 2.75) is 89.6 Å². The number of aliphatic hydroxyl groups is 3. The van der Waals surface area contributed by atoms with Crippen molar-refractivity contribution in [3.8, 4) is 0 Å². The molecule has 4 heteroatoms. The van der Waals surface area contributed by atoms with E-state index in [-0.39, 0.29) is 11.0 Å². The Kier molecular flexibility index (Phi) is 6.39. The standard InChI is InChI=1S/C27H40O4/c1-17(7-12-25(30)27(4)16-31-27)22-10-11-23-19(6-5-13-26(22,23)3)8-9-20-14-21(28)15-24(29)18(20)2/h7-9,12,17,21-25,28-30H,2,5-6,10-11,13-16H2,1,3-4H3/b12-7+,19-8+,20-9-/t17-,21-,22-,23+,24+,25+,26-,27-/m1/s1. The Hall–Kier alpha value is -1.20. The van der Waals surface area contributed by atoms with Crippen molar-refractivity contribution in [1.29, 1.82) is 0 Å². The largest absolute Gasteiger partial charge is 0.393 e. The second-order valence-electron chi connectivity index (χ2n) is 11.0. The lowest BCUT2D eigenvalue weighted by Crippen LogP contribution is -2.35. The topological polar surface area (TPSA) is 73.2 Å². The third-order valence-corrected chi connectivity index (χ3v) is 8.76. The molecule has 3 aliphatic carbocycles. The van der Waals surface area contributed by atoms with Crippen LogP contribution in [0.1, 0.15) is 65.7 Å². The number of allylic oxidation sites excluding steroid dienone is 4. The number of aliphatic hydroxyl groups excluding tert-OH is 3. The highest BCUT2D eigenvalue weighted by Gasteiger charge is 2.50. The average Bonchev–Trinajstić information content (AvgIpc) is 3.37. The molecular formula is C27H40O4. The van der Waals surface area contributed by atoms with Gasteiger partial charge in [0, 0.05) is 6.42 Å². The lowest BCUT2D eigenvalue weighted by Gasteiger charge is -2.44. The number of hydrogen-bond acceptors (Lipinski definition) is 4. The number of fused-ring (bicyclic) bond motifs is 1. The molecule has 0 bridgehead atoms. The molecule has 0 aromatic rings. The Morgan fingerprint density at radius 3 is 2.61 bits per heavy atom. The van der Waals surface area contributed by atoms with Gasteiger partial charge in [-0.2, -0.15) is 0 Å². The Balaban J connectivity index is 1.48. The quantitative estimate of drug-likeness (QED) is 0.446. The molecule has 4 fully saturated rings. The van der Waals surface area contributed by atoms with E-state index in [0.29, 0.717) is 37.2 Å². The normalized spacial score (nSPS) is 45.3. The summed E-state index contributed by atoms with van der Waals surface area (Å²) in [5.74, 6) is 1.62. The van der Waals surface area contributed by atoms with Crippen LogP contribution in [0.2, 0.25) is 0 Å². The second-order valence-corrected chi connectivity index (χ2v) is 11.0. The highest BCUT2D eigenvalue weighted by molar-refractivity contribution is 5.38. The molecule has 172 valence electrons. The van der Waals surface area contributed by atoms with Crippen LogP contribution in [0, 0.1) is 23.2 Å². The van der Waals surface area contributed by atoms with Crippen LogP contribution in [0.5, 0.6) is 0 Å².